The Kier molecular flexibility index (Phi) is 6.52. The molecule has 3 aromatic carbocycles. The van der Waals surface area contributed by atoms with Gasteiger partial charge in [0.05, 0.1) is 26.6 Å². The SMILES string of the molecule is COc1cccc(C=NNc2nnc(NN=Cc3cccc(OC)c3)c3ccccc23)c1. The van der Waals surface area contributed by atoms with Gasteiger partial charge < -0.3 is 9.47 Å². The highest BCUT2D eigenvalue weighted by molar-refractivity contribution is 5.98. The summed E-state index contributed by atoms with van der Waals surface area (Å²) in [6, 6.07) is 23.0. The number of nitrogens with zero attached hydrogens (tertiary/aromatic N) is 4. The molecular weight excluding hydrogens is 404 g/mol. The topological polar surface area (TPSA) is 93.0 Å². The first kappa shape index (κ1) is 20.8. The van der Waals surface area contributed by atoms with Crippen LogP contribution in [-0.4, -0.2) is 36.8 Å². The molecule has 32 heavy (non-hydrogen) atoms. The Labute approximate surface area is 185 Å². The Hall–Kier alpha value is -4.46. The maximum absolute atomic E-state index is 5.23. The van der Waals surface area contributed by atoms with E-state index in [4.69, 9.17) is 9.47 Å². The van der Waals surface area contributed by atoms with Gasteiger partial charge in [-0.25, -0.2) is 0 Å². The van der Waals surface area contributed by atoms with Crippen molar-refractivity contribution in [1.82, 2.24) is 10.2 Å². The third kappa shape index (κ3) is 4.99. The first-order chi connectivity index (χ1) is 15.8. The molecule has 0 fully saturated rings. The second kappa shape index (κ2) is 10.0. The van der Waals surface area contributed by atoms with Crippen molar-refractivity contribution >= 4 is 34.8 Å². The summed E-state index contributed by atoms with van der Waals surface area (Å²) in [7, 11) is 3.26. The standard InChI is InChI=1S/C24H22N6O2/c1-31-19-9-5-7-17(13-19)15-25-27-23-21-11-3-4-12-22(21)24(30-29-23)28-26-16-18-8-6-10-20(14-18)32-2/h3-16H,1-2H3,(H,27,29)(H,28,30). The van der Waals surface area contributed by atoms with Crippen LogP contribution in [0.1, 0.15) is 11.1 Å². The van der Waals surface area contributed by atoms with Gasteiger partial charge in [-0.15, -0.1) is 10.2 Å². The lowest BCUT2D eigenvalue weighted by Gasteiger charge is -2.08. The van der Waals surface area contributed by atoms with Crippen LogP contribution in [-0.2, 0) is 0 Å². The zero-order chi connectivity index (χ0) is 22.2. The Morgan fingerprint density at radius 2 is 1.12 bits per heavy atom. The van der Waals surface area contributed by atoms with E-state index in [1.165, 1.54) is 0 Å². The molecule has 1 aromatic heterocycles. The van der Waals surface area contributed by atoms with Crippen molar-refractivity contribution in [2.75, 3.05) is 25.1 Å². The van der Waals surface area contributed by atoms with E-state index in [1.807, 2.05) is 72.8 Å². The highest BCUT2D eigenvalue weighted by Crippen LogP contribution is 2.26. The number of nitrogens with one attached hydrogen (secondary N) is 2. The molecule has 1 heterocycles. The highest BCUT2D eigenvalue weighted by Gasteiger charge is 2.08. The Morgan fingerprint density at radius 3 is 1.56 bits per heavy atom. The average molecular weight is 426 g/mol. The Bertz CT molecular complexity index is 1170. The molecule has 160 valence electrons. The van der Waals surface area contributed by atoms with Crippen LogP contribution in [0, 0.1) is 0 Å². The highest BCUT2D eigenvalue weighted by atomic mass is 16.5. The predicted molar refractivity (Wildman–Crippen MR) is 128 cm³/mol. The van der Waals surface area contributed by atoms with Gasteiger partial charge in [0.1, 0.15) is 11.5 Å². The van der Waals surface area contributed by atoms with Crippen molar-refractivity contribution < 1.29 is 9.47 Å². The van der Waals surface area contributed by atoms with Crippen LogP contribution in [0.5, 0.6) is 11.5 Å². The van der Waals surface area contributed by atoms with Crippen LogP contribution in [0.25, 0.3) is 10.8 Å². The summed E-state index contributed by atoms with van der Waals surface area (Å²) in [6.07, 6.45) is 3.40. The third-order valence-corrected chi connectivity index (χ3v) is 4.64. The minimum Gasteiger partial charge on any atom is -0.497 e. The molecule has 4 rings (SSSR count). The molecule has 4 aromatic rings. The van der Waals surface area contributed by atoms with E-state index in [0.29, 0.717) is 11.6 Å². The molecule has 0 bridgehead atoms. The van der Waals surface area contributed by atoms with Crippen molar-refractivity contribution in [2.45, 2.75) is 0 Å². The molecule has 2 N–H and O–H groups in total. The number of ether oxygens (including phenoxy) is 2. The number of methoxy groups -OCH3 is 2. The van der Waals surface area contributed by atoms with Gasteiger partial charge in [0.2, 0.25) is 0 Å². The minimum atomic E-state index is 0.544. The number of benzene rings is 3. The summed E-state index contributed by atoms with van der Waals surface area (Å²) >= 11 is 0. The normalized spacial score (nSPS) is 11.2. The Morgan fingerprint density at radius 1 is 0.656 bits per heavy atom. The van der Waals surface area contributed by atoms with Crippen molar-refractivity contribution in [3.8, 4) is 11.5 Å². The molecule has 0 atom stereocenters. The molecule has 0 saturated heterocycles. The third-order valence-electron chi connectivity index (χ3n) is 4.64. The van der Waals surface area contributed by atoms with E-state index in [-0.39, 0.29) is 0 Å². The number of aromatic nitrogens is 2. The summed E-state index contributed by atoms with van der Waals surface area (Å²) < 4.78 is 10.5. The van der Waals surface area contributed by atoms with Crippen LogP contribution in [0.2, 0.25) is 0 Å². The number of anilines is 2. The molecule has 0 radical (unpaired) electrons. The largest absolute Gasteiger partial charge is 0.497 e. The fourth-order valence-electron chi connectivity index (χ4n) is 3.05. The average Bonchev–Trinajstić information content (AvgIpc) is 2.85. The summed E-state index contributed by atoms with van der Waals surface area (Å²) in [5.74, 6) is 2.62. The van der Waals surface area contributed by atoms with Gasteiger partial charge >= 0.3 is 0 Å². The van der Waals surface area contributed by atoms with Gasteiger partial charge in [0.25, 0.3) is 0 Å². The molecule has 0 amide bonds. The van der Waals surface area contributed by atoms with E-state index >= 15 is 0 Å². The lowest BCUT2D eigenvalue weighted by molar-refractivity contribution is 0.414. The first-order valence-corrected chi connectivity index (χ1v) is 9.88. The van der Waals surface area contributed by atoms with Crippen LogP contribution < -0.4 is 20.3 Å². The Balaban J connectivity index is 1.52. The number of hydrazone groups is 2. The van der Waals surface area contributed by atoms with E-state index in [2.05, 4.69) is 31.3 Å². The van der Waals surface area contributed by atoms with Gasteiger partial charge in [-0.05, 0) is 35.4 Å². The molecule has 0 aliphatic carbocycles. The van der Waals surface area contributed by atoms with Crippen LogP contribution in [0.4, 0.5) is 11.6 Å². The molecule has 0 unspecified atom stereocenters. The second-order valence-corrected chi connectivity index (χ2v) is 6.74. The molecule has 0 aliphatic heterocycles. The molecule has 0 aliphatic rings. The van der Waals surface area contributed by atoms with Gasteiger partial charge in [-0.1, -0.05) is 48.5 Å². The summed E-state index contributed by atoms with van der Waals surface area (Å²) in [5, 5.41) is 18.8. The molecule has 8 nitrogen and oxygen atoms in total. The smallest absolute Gasteiger partial charge is 0.176 e. The predicted octanol–water partition coefficient (Wildman–Crippen LogP) is 4.54. The van der Waals surface area contributed by atoms with Crippen LogP contribution >= 0.6 is 0 Å². The van der Waals surface area contributed by atoms with E-state index in [9.17, 15) is 0 Å². The molecule has 0 saturated carbocycles. The maximum Gasteiger partial charge on any atom is 0.176 e. The quantitative estimate of drug-likeness (QED) is 0.317. The summed E-state index contributed by atoms with van der Waals surface area (Å²) in [5.41, 5.74) is 7.74. The fraction of sp³-hybridized carbons (Fsp3) is 0.0833. The lowest BCUT2D eigenvalue weighted by atomic mass is 10.2. The number of hydrogen-bond donors (Lipinski definition) is 2. The minimum absolute atomic E-state index is 0.544. The fourth-order valence-corrected chi connectivity index (χ4v) is 3.05. The van der Waals surface area contributed by atoms with Crippen molar-refractivity contribution in [2.24, 2.45) is 10.2 Å². The van der Waals surface area contributed by atoms with Crippen molar-refractivity contribution in [3.63, 3.8) is 0 Å². The number of hydrogen-bond acceptors (Lipinski definition) is 8. The summed E-state index contributed by atoms with van der Waals surface area (Å²) in [4.78, 5) is 0. The molecule has 8 heteroatoms. The second-order valence-electron chi connectivity index (χ2n) is 6.74. The number of rotatable bonds is 8. The lowest BCUT2D eigenvalue weighted by Crippen LogP contribution is -2.01. The van der Waals surface area contributed by atoms with Crippen LogP contribution in [0.15, 0.2) is 83.0 Å². The van der Waals surface area contributed by atoms with Crippen molar-refractivity contribution in [3.05, 3.63) is 83.9 Å². The van der Waals surface area contributed by atoms with E-state index in [1.54, 1.807) is 26.6 Å². The first-order valence-electron chi connectivity index (χ1n) is 9.88. The molecule has 0 spiro atoms. The zero-order valence-electron chi connectivity index (χ0n) is 17.7. The monoisotopic (exact) mass is 426 g/mol. The van der Waals surface area contributed by atoms with Crippen molar-refractivity contribution in [1.29, 1.82) is 0 Å². The zero-order valence-corrected chi connectivity index (χ0v) is 17.7. The maximum atomic E-state index is 5.23. The van der Waals surface area contributed by atoms with Gasteiger partial charge in [0, 0.05) is 10.8 Å². The number of fused-ring (bicyclic) bond motifs is 1. The van der Waals surface area contributed by atoms with Gasteiger partial charge in [0.15, 0.2) is 11.6 Å². The van der Waals surface area contributed by atoms with Gasteiger partial charge in [-0.2, -0.15) is 10.2 Å². The summed E-state index contributed by atoms with van der Waals surface area (Å²) in [6.45, 7) is 0. The molecular formula is C24H22N6O2. The van der Waals surface area contributed by atoms with Crippen LogP contribution in [0.3, 0.4) is 0 Å². The van der Waals surface area contributed by atoms with E-state index in [0.717, 1.165) is 33.4 Å². The van der Waals surface area contributed by atoms with Gasteiger partial charge in [-0.3, -0.25) is 10.9 Å². The van der Waals surface area contributed by atoms with E-state index < -0.39 is 0 Å².